The van der Waals surface area contributed by atoms with Crippen molar-refractivity contribution in [2.24, 2.45) is 0 Å². The molecule has 1 aliphatic heterocycles. The predicted octanol–water partition coefficient (Wildman–Crippen LogP) is 1.76. The van der Waals surface area contributed by atoms with Crippen LogP contribution in [0.25, 0.3) is 0 Å². The number of nitrogens with zero attached hydrogens (tertiary/aromatic N) is 1. The van der Waals surface area contributed by atoms with Crippen LogP contribution in [0.15, 0.2) is 53.4 Å². The highest BCUT2D eigenvalue weighted by Gasteiger charge is 2.23. The summed E-state index contributed by atoms with van der Waals surface area (Å²) in [4.78, 5) is 34.1. The number of nitrogens with one attached hydrogen (secondary N) is 2. The van der Waals surface area contributed by atoms with Crippen molar-refractivity contribution in [1.82, 2.24) is 10.6 Å². The SMILES string of the molecule is O=C(NC1CCCCNC1=O)c1ccc(OS(=O)(=O)c2cccc([N+](=O)[O-])c2)cc1. The molecule has 0 aliphatic carbocycles. The van der Waals surface area contributed by atoms with E-state index >= 15 is 0 Å². The van der Waals surface area contributed by atoms with Gasteiger partial charge in [0.25, 0.3) is 11.6 Å². The van der Waals surface area contributed by atoms with Gasteiger partial charge in [0.2, 0.25) is 5.91 Å². The number of benzene rings is 2. The maximum absolute atomic E-state index is 12.4. The van der Waals surface area contributed by atoms with Gasteiger partial charge in [0.05, 0.1) is 4.92 Å². The normalized spacial score (nSPS) is 16.8. The van der Waals surface area contributed by atoms with Crippen LogP contribution >= 0.6 is 0 Å². The Morgan fingerprint density at radius 2 is 1.90 bits per heavy atom. The topological polar surface area (TPSA) is 145 Å². The van der Waals surface area contributed by atoms with Crippen molar-refractivity contribution in [2.75, 3.05) is 6.54 Å². The Morgan fingerprint density at radius 3 is 2.60 bits per heavy atom. The van der Waals surface area contributed by atoms with Crippen LogP contribution in [-0.4, -0.2) is 37.7 Å². The van der Waals surface area contributed by atoms with Crippen LogP contribution in [0.2, 0.25) is 0 Å². The van der Waals surface area contributed by atoms with E-state index in [0.29, 0.717) is 13.0 Å². The standard InChI is InChI=1S/C19H19N3O7S/c23-18(21-17-6-1-2-11-20-19(17)24)13-7-9-15(10-8-13)29-30(27,28)16-5-3-4-14(12-16)22(25)26/h3-5,7-10,12,17H,1-2,6,11H2,(H,20,24)(H,21,23). The number of hydrogen-bond donors (Lipinski definition) is 2. The van der Waals surface area contributed by atoms with Gasteiger partial charge in [-0.2, -0.15) is 8.42 Å². The van der Waals surface area contributed by atoms with E-state index in [4.69, 9.17) is 4.18 Å². The number of amides is 2. The average Bonchev–Trinajstić information content (AvgIpc) is 2.92. The van der Waals surface area contributed by atoms with Gasteiger partial charge in [-0.25, -0.2) is 0 Å². The van der Waals surface area contributed by atoms with Gasteiger partial charge in [-0.05, 0) is 49.6 Å². The summed E-state index contributed by atoms with van der Waals surface area (Å²) in [6.45, 7) is 0.580. The number of rotatable bonds is 6. The largest absolute Gasteiger partial charge is 0.379 e. The van der Waals surface area contributed by atoms with Gasteiger partial charge in [-0.3, -0.25) is 19.7 Å². The lowest BCUT2D eigenvalue weighted by atomic mass is 10.1. The minimum atomic E-state index is -4.29. The number of hydrogen-bond acceptors (Lipinski definition) is 7. The summed E-state index contributed by atoms with van der Waals surface area (Å²) in [5, 5.41) is 16.2. The summed E-state index contributed by atoms with van der Waals surface area (Å²) in [6, 6.07) is 9.17. The Bertz CT molecular complexity index is 1070. The molecule has 2 aromatic carbocycles. The molecule has 1 fully saturated rings. The van der Waals surface area contributed by atoms with Crippen LogP contribution in [0.5, 0.6) is 5.75 Å². The zero-order chi connectivity index (χ0) is 21.7. The summed E-state index contributed by atoms with van der Waals surface area (Å²) in [5.41, 5.74) is -0.151. The lowest BCUT2D eigenvalue weighted by Gasteiger charge is -2.15. The molecule has 158 valence electrons. The minimum absolute atomic E-state index is 0.0646. The average molecular weight is 433 g/mol. The molecular weight excluding hydrogens is 414 g/mol. The first-order chi connectivity index (χ1) is 14.3. The van der Waals surface area contributed by atoms with E-state index in [-0.39, 0.29) is 27.8 Å². The number of nitro groups is 1. The Kier molecular flexibility index (Phi) is 6.31. The zero-order valence-electron chi connectivity index (χ0n) is 15.7. The predicted molar refractivity (Wildman–Crippen MR) is 105 cm³/mol. The number of carbonyl (C=O) groups excluding carboxylic acids is 2. The fraction of sp³-hybridized carbons (Fsp3) is 0.263. The van der Waals surface area contributed by atoms with Crippen molar-refractivity contribution in [2.45, 2.75) is 30.2 Å². The van der Waals surface area contributed by atoms with Crippen molar-refractivity contribution in [3.05, 3.63) is 64.2 Å². The molecule has 0 spiro atoms. The smallest absolute Gasteiger partial charge is 0.339 e. The lowest BCUT2D eigenvalue weighted by molar-refractivity contribution is -0.385. The van der Waals surface area contributed by atoms with E-state index in [0.717, 1.165) is 18.9 Å². The van der Waals surface area contributed by atoms with E-state index in [9.17, 15) is 28.1 Å². The molecule has 0 aromatic heterocycles. The molecule has 2 N–H and O–H groups in total. The molecule has 1 saturated heterocycles. The second-order valence-electron chi connectivity index (χ2n) is 6.63. The molecule has 1 unspecified atom stereocenters. The van der Waals surface area contributed by atoms with Crippen molar-refractivity contribution >= 4 is 27.6 Å². The molecule has 1 aliphatic rings. The third kappa shape index (κ3) is 5.11. The first kappa shape index (κ1) is 21.2. The van der Waals surface area contributed by atoms with Crippen LogP contribution in [-0.2, 0) is 14.9 Å². The molecule has 3 rings (SSSR count). The maximum atomic E-state index is 12.4. The lowest BCUT2D eigenvalue weighted by Crippen LogP contribution is -2.45. The molecule has 0 saturated carbocycles. The molecular formula is C19H19N3O7S. The van der Waals surface area contributed by atoms with Gasteiger partial charge in [0.15, 0.2) is 0 Å². The fourth-order valence-electron chi connectivity index (χ4n) is 2.91. The molecule has 2 aromatic rings. The van der Waals surface area contributed by atoms with E-state index in [1.165, 1.54) is 42.5 Å². The van der Waals surface area contributed by atoms with Gasteiger partial charge in [-0.15, -0.1) is 0 Å². The Balaban J connectivity index is 1.69. The summed E-state index contributed by atoms with van der Waals surface area (Å²) >= 11 is 0. The summed E-state index contributed by atoms with van der Waals surface area (Å²) in [5.74, 6) is -0.765. The van der Waals surface area contributed by atoms with E-state index in [2.05, 4.69) is 10.6 Å². The third-order valence-electron chi connectivity index (χ3n) is 4.48. The van der Waals surface area contributed by atoms with E-state index in [1.54, 1.807) is 0 Å². The fourth-order valence-corrected chi connectivity index (χ4v) is 3.88. The first-order valence-electron chi connectivity index (χ1n) is 9.14. The zero-order valence-corrected chi connectivity index (χ0v) is 16.6. The van der Waals surface area contributed by atoms with Gasteiger partial charge in [0, 0.05) is 24.2 Å². The van der Waals surface area contributed by atoms with Crippen molar-refractivity contribution in [3.63, 3.8) is 0 Å². The molecule has 1 atom stereocenters. The highest BCUT2D eigenvalue weighted by atomic mass is 32.2. The monoisotopic (exact) mass is 433 g/mol. The van der Waals surface area contributed by atoms with Crippen molar-refractivity contribution in [3.8, 4) is 5.75 Å². The second kappa shape index (κ2) is 8.91. The summed E-state index contributed by atoms with van der Waals surface area (Å²) in [7, 11) is -4.29. The quantitative estimate of drug-likeness (QED) is 0.401. The van der Waals surface area contributed by atoms with Crippen LogP contribution < -0.4 is 14.8 Å². The number of carbonyl (C=O) groups is 2. The third-order valence-corrected chi connectivity index (χ3v) is 5.72. The Hall–Kier alpha value is -3.47. The summed E-state index contributed by atoms with van der Waals surface area (Å²) < 4.78 is 29.7. The molecule has 1 heterocycles. The molecule has 30 heavy (non-hydrogen) atoms. The molecule has 2 amide bonds. The van der Waals surface area contributed by atoms with E-state index < -0.39 is 27.0 Å². The van der Waals surface area contributed by atoms with Crippen molar-refractivity contribution in [1.29, 1.82) is 0 Å². The van der Waals surface area contributed by atoms with Crippen LogP contribution in [0.3, 0.4) is 0 Å². The van der Waals surface area contributed by atoms with Gasteiger partial charge >= 0.3 is 10.1 Å². The Labute approximate surface area is 172 Å². The van der Waals surface area contributed by atoms with Crippen LogP contribution in [0, 0.1) is 10.1 Å². The highest BCUT2D eigenvalue weighted by molar-refractivity contribution is 7.87. The van der Waals surface area contributed by atoms with Gasteiger partial charge < -0.3 is 14.8 Å². The maximum Gasteiger partial charge on any atom is 0.339 e. The van der Waals surface area contributed by atoms with Crippen LogP contribution in [0.4, 0.5) is 5.69 Å². The van der Waals surface area contributed by atoms with Gasteiger partial charge in [0.1, 0.15) is 16.7 Å². The molecule has 10 nitrogen and oxygen atoms in total. The van der Waals surface area contributed by atoms with Gasteiger partial charge in [-0.1, -0.05) is 6.07 Å². The minimum Gasteiger partial charge on any atom is -0.379 e. The Morgan fingerprint density at radius 1 is 1.17 bits per heavy atom. The molecule has 11 heteroatoms. The van der Waals surface area contributed by atoms with E-state index in [1.807, 2.05) is 0 Å². The highest BCUT2D eigenvalue weighted by Crippen LogP contribution is 2.22. The summed E-state index contributed by atoms with van der Waals surface area (Å²) in [6.07, 6.45) is 2.20. The van der Waals surface area contributed by atoms with Crippen molar-refractivity contribution < 1.29 is 27.1 Å². The number of non-ortho nitro benzene ring substituents is 1. The number of nitro benzene ring substituents is 1. The van der Waals surface area contributed by atoms with Crippen LogP contribution in [0.1, 0.15) is 29.6 Å². The second-order valence-corrected chi connectivity index (χ2v) is 8.18. The first-order valence-corrected chi connectivity index (χ1v) is 10.5. The molecule has 0 radical (unpaired) electrons. The molecule has 0 bridgehead atoms.